The van der Waals surface area contributed by atoms with Gasteiger partial charge in [-0.25, -0.2) is 4.98 Å². The molecule has 1 aromatic rings. The van der Waals surface area contributed by atoms with Gasteiger partial charge < -0.3 is 10.6 Å². The normalized spacial score (nSPS) is 11.6. The fraction of sp³-hybridized carbons (Fsp3) is 0.444. The third-order valence-corrected chi connectivity index (χ3v) is 2.16. The maximum atomic E-state index is 12.0. The number of alkyl halides is 3. The Morgan fingerprint density at radius 2 is 2.12 bits per heavy atom. The van der Waals surface area contributed by atoms with Crippen LogP contribution in [0.15, 0.2) is 12.3 Å². The molecule has 90 valence electrons. The Balaban J connectivity index is 2.70. The van der Waals surface area contributed by atoms with Crippen molar-refractivity contribution in [1.29, 1.82) is 0 Å². The first-order chi connectivity index (χ1) is 7.29. The van der Waals surface area contributed by atoms with Crippen LogP contribution < -0.4 is 10.6 Å². The summed E-state index contributed by atoms with van der Waals surface area (Å²) in [5, 5.41) is 0.352. The van der Waals surface area contributed by atoms with Crippen LogP contribution in [0.25, 0.3) is 0 Å². The van der Waals surface area contributed by atoms with Gasteiger partial charge >= 0.3 is 6.18 Å². The molecule has 0 aliphatic rings. The Bertz CT molecular complexity index is 368. The standard InChI is InChI=1S/C9H11ClF3N3/c1-16(3-2-9(11,12)13)8-7(14)4-6(10)5-15-8/h4-5H,2-3,14H2,1H3. The summed E-state index contributed by atoms with van der Waals surface area (Å²) in [5.74, 6) is 0.300. The lowest BCUT2D eigenvalue weighted by Gasteiger charge is -2.20. The van der Waals surface area contributed by atoms with Crippen molar-refractivity contribution in [3.8, 4) is 0 Å². The maximum Gasteiger partial charge on any atom is 0.390 e. The predicted molar refractivity (Wildman–Crippen MR) is 57.6 cm³/mol. The van der Waals surface area contributed by atoms with Crippen LogP contribution in [0.2, 0.25) is 5.02 Å². The van der Waals surface area contributed by atoms with Crippen LogP contribution in [0, 0.1) is 0 Å². The molecule has 0 aliphatic heterocycles. The van der Waals surface area contributed by atoms with Crippen molar-refractivity contribution >= 4 is 23.1 Å². The van der Waals surface area contributed by atoms with E-state index in [4.69, 9.17) is 17.3 Å². The number of aromatic nitrogens is 1. The molecule has 0 radical (unpaired) electrons. The zero-order valence-corrected chi connectivity index (χ0v) is 9.31. The lowest BCUT2D eigenvalue weighted by molar-refractivity contribution is -0.132. The highest BCUT2D eigenvalue weighted by Gasteiger charge is 2.27. The molecule has 0 aromatic carbocycles. The summed E-state index contributed by atoms with van der Waals surface area (Å²) in [6.45, 7) is -0.192. The van der Waals surface area contributed by atoms with Crippen LogP contribution in [0.5, 0.6) is 0 Å². The number of halogens is 4. The second-order valence-corrected chi connectivity index (χ2v) is 3.79. The van der Waals surface area contributed by atoms with Gasteiger partial charge in [-0.1, -0.05) is 11.6 Å². The minimum Gasteiger partial charge on any atom is -0.396 e. The average Bonchev–Trinajstić information content (AvgIpc) is 2.13. The summed E-state index contributed by atoms with van der Waals surface area (Å²) in [4.78, 5) is 5.23. The molecule has 0 saturated carbocycles. The van der Waals surface area contributed by atoms with Gasteiger partial charge in [0, 0.05) is 19.8 Å². The van der Waals surface area contributed by atoms with Crippen molar-refractivity contribution in [3.63, 3.8) is 0 Å². The molecule has 0 aliphatic carbocycles. The smallest absolute Gasteiger partial charge is 0.390 e. The Hall–Kier alpha value is -1.17. The number of pyridine rings is 1. The van der Waals surface area contributed by atoms with E-state index in [1.54, 1.807) is 0 Å². The number of rotatable bonds is 3. The van der Waals surface area contributed by atoms with Gasteiger partial charge in [0.15, 0.2) is 5.82 Å². The lowest BCUT2D eigenvalue weighted by Crippen LogP contribution is -2.25. The van der Waals surface area contributed by atoms with Gasteiger partial charge in [-0.15, -0.1) is 0 Å². The van der Waals surface area contributed by atoms with E-state index in [0.29, 0.717) is 10.8 Å². The van der Waals surface area contributed by atoms with Gasteiger partial charge in [-0.05, 0) is 6.07 Å². The summed E-state index contributed by atoms with van der Waals surface area (Å²) in [6.07, 6.45) is -3.75. The fourth-order valence-electron chi connectivity index (χ4n) is 1.17. The molecule has 16 heavy (non-hydrogen) atoms. The van der Waals surface area contributed by atoms with Crippen LogP contribution >= 0.6 is 11.6 Å². The van der Waals surface area contributed by atoms with Crippen LogP contribution in [0.1, 0.15) is 6.42 Å². The molecule has 1 rings (SSSR count). The van der Waals surface area contributed by atoms with Crippen LogP contribution in [-0.4, -0.2) is 24.8 Å². The van der Waals surface area contributed by atoms with E-state index in [1.165, 1.54) is 24.2 Å². The Morgan fingerprint density at radius 3 is 2.62 bits per heavy atom. The highest BCUT2D eigenvalue weighted by molar-refractivity contribution is 6.30. The van der Waals surface area contributed by atoms with Gasteiger partial charge in [0.05, 0.1) is 17.1 Å². The third kappa shape index (κ3) is 3.77. The molecular formula is C9H11ClF3N3. The van der Waals surface area contributed by atoms with Gasteiger partial charge in [-0.2, -0.15) is 13.2 Å². The van der Waals surface area contributed by atoms with E-state index in [0.717, 1.165) is 0 Å². The number of hydrogen-bond acceptors (Lipinski definition) is 3. The minimum atomic E-state index is -4.19. The number of nitrogens with two attached hydrogens (primary N) is 1. The van der Waals surface area contributed by atoms with Gasteiger partial charge in [0.1, 0.15) is 0 Å². The highest BCUT2D eigenvalue weighted by Crippen LogP contribution is 2.25. The van der Waals surface area contributed by atoms with Crippen molar-refractivity contribution in [2.24, 2.45) is 0 Å². The second-order valence-electron chi connectivity index (χ2n) is 3.35. The summed E-state index contributed by atoms with van der Waals surface area (Å²) >= 11 is 5.63. The minimum absolute atomic E-state index is 0.192. The monoisotopic (exact) mass is 253 g/mol. The number of anilines is 2. The molecule has 0 fully saturated rings. The van der Waals surface area contributed by atoms with Gasteiger partial charge in [0.2, 0.25) is 0 Å². The zero-order chi connectivity index (χ0) is 12.3. The Kier molecular flexibility index (Phi) is 3.85. The summed E-state index contributed by atoms with van der Waals surface area (Å²) < 4.78 is 36.0. The van der Waals surface area contributed by atoms with Crippen molar-refractivity contribution in [3.05, 3.63) is 17.3 Å². The van der Waals surface area contributed by atoms with Gasteiger partial charge in [0.25, 0.3) is 0 Å². The molecule has 0 saturated heterocycles. The molecule has 1 heterocycles. The molecule has 7 heteroatoms. The van der Waals surface area contributed by atoms with Crippen LogP contribution in [0.3, 0.4) is 0 Å². The predicted octanol–water partition coefficient (Wildman–Crippen LogP) is 2.71. The quantitative estimate of drug-likeness (QED) is 0.901. The fourth-order valence-corrected chi connectivity index (χ4v) is 1.33. The Labute approximate surface area is 96.0 Å². The summed E-state index contributed by atoms with van der Waals surface area (Å²) in [7, 11) is 1.50. The molecule has 0 amide bonds. The molecule has 0 unspecified atom stereocenters. The first-order valence-corrected chi connectivity index (χ1v) is 4.86. The molecule has 3 nitrogen and oxygen atoms in total. The number of hydrogen-bond donors (Lipinski definition) is 1. The van der Waals surface area contributed by atoms with E-state index in [2.05, 4.69) is 4.98 Å². The SMILES string of the molecule is CN(CCC(F)(F)F)c1ncc(Cl)cc1N. The summed E-state index contributed by atoms with van der Waals surface area (Å²) in [5.41, 5.74) is 5.85. The highest BCUT2D eigenvalue weighted by atomic mass is 35.5. The Morgan fingerprint density at radius 1 is 1.50 bits per heavy atom. The van der Waals surface area contributed by atoms with Crippen molar-refractivity contribution in [2.75, 3.05) is 24.2 Å². The molecular weight excluding hydrogens is 243 g/mol. The van der Waals surface area contributed by atoms with Crippen molar-refractivity contribution in [2.45, 2.75) is 12.6 Å². The average molecular weight is 254 g/mol. The van der Waals surface area contributed by atoms with E-state index < -0.39 is 12.6 Å². The van der Waals surface area contributed by atoms with E-state index in [-0.39, 0.29) is 12.2 Å². The first-order valence-electron chi connectivity index (χ1n) is 4.48. The molecule has 2 N–H and O–H groups in total. The van der Waals surface area contributed by atoms with E-state index in [1.807, 2.05) is 0 Å². The van der Waals surface area contributed by atoms with Crippen LogP contribution in [-0.2, 0) is 0 Å². The second kappa shape index (κ2) is 4.78. The van der Waals surface area contributed by atoms with Crippen molar-refractivity contribution in [1.82, 2.24) is 4.98 Å². The maximum absolute atomic E-state index is 12.0. The molecule has 1 aromatic heterocycles. The number of nitrogens with zero attached hydrogens (tertiary/aromatic N) is 2. The molecule has 0 spiro atoms. The molecule has 0 atom stereocenters. The number of nitrogen functional groups attached to an aromatic ring is 1. The first kappa shape index (κ1) is 12.9. The largest absolute Gasteiger partial charge is 0.396 e. The zero-order valence-electron chi connectivity index (χ0n) is 8.55. The van der Waals surface area contributed by atoms with E-state index >= 15 is 0 Å². The molecule has 0 bridgehead atoms. The van der Waals surface area contributed by atoms with Crippen LogP contribution in [0.4, 0.5) is 24.7 Å². The summed E-state index contributed by atoms with van der Waals surface area (Å²) in [6, 6.07) is 1.45. The lowest BCUT2D eigenvalue weighted by atomic mass is 10.3. The van der Waals surface area contributed by atoms with Crippen molar-refractivity contribution < 1.29 is 13.2 Å². The third-order valence-electron chi connectivity index (χ3n) is 1.95. The topological polar surface area (TPSA) is 42.2 Å². The van der Waals surface area contributed by atoms with Gasteiger partial charge in [-0.3, -0.25) is 0 Å². The van der Waals surface area contributed by atoms with E-state index in [9.17, 15) is 13.2 Å².